The molecule has 0 unspecified atom stereocenters. The van der Waals surface area contributed by atoms with Crippen LogP contribution in [0.25, 0.3) is 0 Å². The molecule has 4 heterocycles. The van der Waals surface area contributed by atoms with Gasteiger partial charge in [-0.15, -0.1) is 0 Å². The van der Waals surface area contributed by atoms with Gasteiger partial charge in [0.15, 0.2) is 0 Å². The smallest absolute Gasteiger partial charge is 0.324 e. The number of primary sulfonamides is 1. The van der Waals surface area contributed by atoms with Crippen LogP contribution in [0, 0.1) is 0 Å². The van der Waals surface area contributed by atoms with Crippen molar-refractivity contribution < 1.29 is 55.2 Å². The Morgan fingerprint density at radius 3 is 1.11 bits per heavy atom. The van der Waals surface area contributed by atoms with E-state index in [1.54, 1.807) is 24.3 Å². The van der Waals surface area contributed by atoms with Gasteiger partial charge in [-0.25, -0.2) is 46.1 Å². The second-order valence-corrected chi connectivity index (χ2v) is 24.8. The highest BCUT2D eigenvalue weighted by molar-refractivity contribution is 8.13. The molecule has 0 spiro atoms. The van der Waals surface area contributed by atoms with Gasteiger partial charge >= 0.3 is 18.1 Å². The summed E-state index contributed by atoms with van der Waals surface area (Å²) in [5, 5.41) is 16.0. The zero-order valence-corrected chi connectivity index (χ0v) is 53.6. The number of hydrogen-bond donors (Lipinski definition) is 5. The highest BCUT2D eigenvalue weighted by Crippen LogP contribution is 2.24. The number of imide groups is 3. The van der Waals surface area contributed by atoms with E-state index in [0.29, 0.717) is 89.1 Å². The second kappa shape index (κ2) is 35.5. The molecule has 24 heteroatoms. The third-order valence-electron chi connectivity index (χ3n) is 14.5. The monoisotopic (exact) mass is 1270 g/mol. The van der Waals surface area contributed by atoms with E-state index in [9.17, 15) is 55.2 Å². The molecule has 8 rings (SSSR count). The van der Waals surface area contributed by atoms with E-state index in [4.69, 9.17) is 15.8 Å². The van der Waals surface area contributed by atoms with Crippen LogP contribution < -0.4 is 26.4 Å². The fourth-order valence-corrected chi connectivity index (χ4v) is 10.9. The highest BCUT2D eigenvalue weighted by atomic mass is 35.7. The molecule has 21 nitrogen and oxygen atoms in total. The van der Waals surface area contributed by atoms with Gasteiger partial charge in [-0.05, 0) is 148 Å². The summed E-state index contributed by atoms with van der Waals surface area (Å²) in [6, 6.07) is 31.0. The van der Waals surface area contributed by atoms with Crippen LogP contribution in [0.15, 0.2) is 169 Å². The van der Waals surface area contributed by atoms with Gasteiger partial charge in [0.25, 0.3) is 26.8 Å². The van der Waals surface area contributed by atoms with E-state index >= 15 is 0 Å². The van der Waals surface area contributed by atoms with Crippen molar-refractivity contribution in [2.45, 2.75) is 117 Å². The van der Waals surface area contributed by atoms with Crippen LogP contribution in [0.4, 0.5) is 14.4 Å². The Kier molecular flexibility index (Phi) is 29.1. The molecule has 0 saturated heterocycles. The zero-order chi connectivity index (χ0) is 65.1. The van der Waals surface area contributed by atoms with Crippen LogP contribution in [0.2, 0.25) is 0 Å². The van der Waals surface area contributed by atoms with Crippen LogP contribution in [-0.2, 0) is 68.7 Å². The molecule has 0 aliphatic carbocycles. The third kappa shape index (κ3) is 22.1. The zero-order valence-electron chi connectivity index (χ0n) is 51.2. The first kappa shape index (κ1) is 72.1. The number of isocyanates is 1. The van der Waals surface area contributed by atoms with Gasteiger partial charge < -0.3 is 21.3 Å². The maximum absolute atomic E-state index is 12.1. The molecule has 0 atom stereocenters. The molecular formula is C64H80ClN9O12S2. The van der Waals surface area contributed by atoms with Gasteiger partial charge in [-0.2, -0.15) is 0 Å². The molecule has 6 N–H and O–H groups in total. The largest absolute Gasteiger partial charge is 0.349 e. The molecule has 0 bridgehead atoms. The van der Waals surface area contributed by atoms with Crippen molar-refractivity contribution in [1.29, 1.82) is 0 Å². The fraction of sp³-hybridized carbons (Fsp3) is 0.375. The van der Waals surface area contributed by atoms with E-state index in [-0.39, 0.29) is 39.5 Å². The minimum absolute atomic E-state index is 0.0354. The Morgan fingerprint density at radius 1 is 0.511 bits per heavy atom. The molecule has 0 fully saturated rings. The van der Waals surface area contributed by atoms with E-state index < -0.39 is 31.1 Å². The van der Waals surface area contributed by atoms with Crippen LogP contribution in [-0.4, -0.2) is 132 Å². The van der Waals surface area contributed by atoms with E-state index in [1.807, 2.05) is 116 Å². The van der Waals surface area contributed by atoms with Gasteiger partial charge in [0, 0.05) is 59.2 Å². The van der Waals surface area contributed by atoms with Gasteiger partial charge in [0.05, 0.1) is 36.0 Å². The Morgan fingerprint density at radius 2 is 0.841 bits per heavy atom. The number of carbonyl (C=O) groups is 7. The Hall–Kier alpha value is -8.34. The first-order valence-electron chi connectivity index (χ1n) is 28.9. The van der Waals surface area contributed by atoms with Crippen molar-refractivity contribution in [3.05, 3.63) is 176 Å². The molecular weight excluding hydrogens is 1190 g/mol. The Labute approximate surface area is 521 Å². The van der Waals surface area contributed by atoms with Crippen LogP contribution >= 0.6 is 10.7 Å². The third-order valence-corrected chi connectivity index (χ3v) is 16.8. The van der Waals surface area contributed by atoms with Crippen LogP contribution in [0.1, 0.15) is 103 Å². The SMILES string of the molecule is CCC1=C(C)CN(C(=O)NCCc2ccc(S(=O)(=O)Cl)cc2)C1=O.CCC1=C(C)CN(C(=O)NCCc2ccc(S(N)(=O)=O)cc2)C1=O.CCC1=C(C)CN(C(=O)NCCc2ccccc2)C1=O.CCC1=C(C)CNC1=O.O=C=NCCc1ccccc1. The summed E-state index contributed by atoms with van der Waals surface area (Å²) in [6.45, 7) is 18.9. The summed E-state index contributed by atoms with van der Waals surface area (Å²) < 4.78 is 44.7. The van der Waals surface area contributed by atoms with Crippen molar-refractivity contribution in [2.24, 2.45) is 10.1 Å². The summed E-state index contributed by atoms with van der Waals surface area (Å²) in [4.78, 5) is 100. The normalized spacial score (nSPS) is 14.6. The van der Waals surface area contributed by atoms with Gasteiger partial charge in [0.1, 0.15) is 0 Å². The summed E-state index contributed by atoms with van der Waals surface area (Å²) in [5.74, 6) is -0.494. The number of nitrogens with zero attached hydrogens (tertiary/aromatic N) is 4. The molecule has 4 aliphatic heterocycles. The lowest BCUT2D eigenvalue weighted by atomic mass is 10.1. The quantitative estimate of drug-likeness (QED) is 0.0356. The van der Waals surface area contributed by atoms with Crippen molar-refractivity contribution in [3.8, 4) is 0 Å². The Bertz CT molecular complexity index is 3410. The van der Waals surface area contributed by atoms with Crippen molar-refractivity contribution >= 4 is 77.6 Å². The average Bonchev–Trinajstić information content (AvgIpc) is 2.56. The number of sulfonamides is 1. The molecule has 10 amide bonds. The van der Waals surface area contributed by atoms with E-state index in [1.165, 1.54) is 61.7 Å². The predicted molar refractivity (Wildman–Crippen MR) is 338 cm³/mol. The Balaban J connectivity index is 0.000000245. The molecule has 88 heavy (non-hydrogen) atoms. The van der Waals surface area contributed by atoms with Crippen LogP contribution in [0.5, 0.6) is 0 Å². The lowest BCUT2D eigenvalue weighted by Crippen LogP contribution is -2.42. The molecule has 4 aliphatic rings. The van der Waals surface area contributed by atoms with Crippen molar-refractivity contribution in [3.63, 3.8) is 0 Å². The molecule has 4 aromatic carbocycles. The molecule has 472 valence electrons. The summed E-state index contributed by atoms with van der Waals surface area (Å²) in [5.41, 5.74) is 11.3. The number of halogens is 1. The minimum Gasteiger partial charge on any atom is -0.349 e. The molecule has 0 radical (unpaired) electrons. The minimum atomic E-state index is -3.73. The molecule has 4 aromatic rings. The topological polar surface area (TPSA) is 301 Å². The summed E-state index contributed by atoms with van der Waals surface area (Å²) in [6.07, 6.45) is 6.90. The van der Waals surface area contributed by atoms with E-state index in [2.05, 4.69) is 26.3 Å². The lowest BCUT2D eigenvalue weighted by molar-refractivity contribution is -0.123. The number of nitrogens with two attached hydrogens (primary N) is 1. The standard InChI is InChI=1S/C16H19ClN2O4S.C16H21N3O4S.C16H20N2O2.C9H9NO.C7H11NO/c2*1-3-14-11(2)10-19(15(14)20)16(21)18-9-8-12-4-6-13(7-5-12)24(17,22)23;1-3-14-12(2)11-18(15(14)19)16(20)17-10-9-13-7-5-4-6-8-13;11-8-10-7-6-9-4-2-1-3-5-9;1-3-6-5(2)4-8-7(6)9/h4-7H,3,8-10H2,1-2H3,(H,18,21);4-7H,3,8-10H2,1-2H3,(H,18,21)(H2,17,22,23);4-8H,3,9-11H2,1-2H3,(H,17,20);1-5H,6-7H2;3-4H2,1-2H3,(H,8,9). The maximum Gasteiger partial charge on any atom is 0.324 e. The van der Waals surface area contributed by atoms with Gasteiger partial charge in [-0.3, -0.25) is 33.9 Å². The number of benzene rings is 4. The molecule has 0 aromatic heterocycles. The molecule has 0 saturated carbocycles. The van der Waals surface area contributed by atoms with Crippen molar-refractivity contribution in [1.82, 2.24) is 36.0 Å². The summed E-state index contributed by atoms with van der Waals surface area (Å²) in [7, 11) is -2.18. The lowest BCUT2D eigenvalue weighted by Gasteiger charge is -2.16. The number of aliphatic imine (C=N–C) groups is 1. The van der Waals surface area contributed by atoms with Crippen molar-refractivity contribution in [2.75, 3.05) is 52.4 Å². The highest BCUT2D eigenvalue weighted by Gasteiger charge is 2.33. The number of rotatable bonds is 18. The maximum atomic E-state index is 12.1. The number of urea groups is 3. The number of amides is 10. The fourth-order valence-electron chi connectivity index (χ4n) is 9.60. The van der Waals surface area contributed by atoms with Crippen LogP contribution in [0.3, 0.4) is 0 Å². The first-order valence-corrected chi connectivity index (χ1v) is 32.7. The predicted octanol–water partition coefficient (Wildman–Crippen LogP) is 8.50. The average molecular weight is 1270 g/mol. The van der Waals surface area contributed by atoms with E-state index in [0.717, 1.165) is 64.8 Å². The second-order valence-electron chi connectivity index (χ2n) is 20.7. The number of nitrogens with one attached hydrogen (secondary N) is 4. The number of hydrogen-bond acceptors (Lipinski definition) is 13. The van der Waals surface area contributed by atoms with Gasteiger partial charge in [0.2, 0.25) is 22.0 Å². The number of carbonyl (C=O) groups excluding carboxylic acids is 8. The van der Waals surface area contributed by atoms with Gasteiger partial charge in [-0.1, -0.05) is 113 Å². The summed E-state index contributed by atoms with van der Waals surface area (Å²) >= 11 is 0. The first-order chi connectivity index (χ1) is 41.8.